The van der Waals surface area contributed by atoms with Crippen LogP contribution < -0.4 is 5.56 Å². The second kappa shape index (κ2) is 6.21. The van der Waals surface area contributed by atoms with Gasteiger partial charge >= 0.3 is 0 Å². The molecule has 0 aromatic carbocycles. The number of thiazole rings is 1. The largest absolute Gasteiger partial charge is 0.377 e. The molecule has 1 saturated heterocycles. The van der Waals surface area contributed by atoms with Crippen LogP contribution in [0.3, 0.4) is 0 Å². The van der Waals surface area contributed by atoms with Crippen molar-refractivity contribution in [1.82, 2.24) is 19.9 Å². The molecular formula is C15H18N4O3S. The molecule has 0 aliphatic carbocycles. The number of carbonyl (C=O) groups excluding carboxylic acids is 1. The first-order valence-corrected chi connectivity index (χ1v) is 8.18. The number of aryl methyl sites for hydroxylation is 3. The van der Waals surface area contributed by atoms with E-state index in [1.807, 2.05) is 13.8 Å². The van der Waals surface area contributed by atoms with Crippen LogP contribution in [0.4, 0.5) is 0 Å². The van der Waals surface area contributed by atoms with E-state index in [1.54, 1.807) is 11.8 Å². The number of hydrogen-bond acceptors (Lipinski definition) is 6. The molecule has 1 aliphatic rings. The van der Waals surface area contributed by atoms with E-state index in [-0.39, 0.29) is 17.5 Å². The Morgan fingerprint density at radius 3 is 2.83 bits per heavy atom. The summed E-state index contributed by atoms with van der Waals surface area (Å²) in [4.78, 5) is 38.3. The number of rotatable bonds is 2. The molecule has 0 bridgehead atoms. The Bertz CT molecular complexity index is 798. The van der Waals surface area contributed by atoms with Crippen LogP contribution in [0.15, 0.2) is 10.9 Å². The summed E-state index contributed by atoms with van der Waals surface area (Å²) in [5.41, 5.74) is 1.06. The average Bonchev–Trinajstić information content (AvgIpc) is 2.84. The molecule has 2 aromatic rings. The van der Waals surface area contributed by atoms with Crippen LogP contribution in [0, 0.1) is 20.8 Å². The minimum absolute atomic E-state index is 0.0823. The highest BCUT2D eigenvalue weighted by Crippen LogP contribution is 2.27. The van der Waals surface area contributed by atoms with Crippen LogP contribution in [0.5, 0.6) is 0 Å². The molecule has 0 saturated carbocycles. The fraction of sp³-hybridized carbons (Fsp3) is 0.467. The lowest BCUT2D eigenvalue weighted by Crippen LogP contribution is -2.44. The smallest absolute Gasteiger partial charge is 0.266 e. The Kier molecular flexibility index (Phi) is 4.27. The number of morpholine rings is 1. The third-order valence-corrected chi connectivity index (χ3v) is 4.77. The van der Waals surface area contributed by atoms with Gasteiger partial charge in [-0.25, -0.2) is 9.97 Å². The quantitative estimate of drug-likeness (QED) is 0.896. The van der Waals surface area contributed by atoms with Crippen molar-refractivity contribution in [3.05, 3.63) is 43.5 Å². The molecule has 1 amide bonds. The highest BCUT2D eigenvalue weighted by molar-refractivity contribution is 7.13. The predicted octanol–water partition coefficient (Wildman–Crippen LogP) is 1.37. The van der Waals surface area contributed by atoms with Crippen molar-refractivity contribution in [2.75, 3.05) is 19.8 Å². The predicted molar refractivity (Wildman–Crippen MR) is 85.8 cm³/mol. The SMILES string of the molecule is Cc1nc([C@H]2COCCN2C(=O)c2sc(C)nc2C)cc(=O)[nH]1. The first kappa shape index (κ1) is 15.8. The number of carbonyl (C=O) groups is 1. The van der Waals surface area contributed by atoms with E-state index < -0.39 is 0 Å². The number of aromatic amines is 1. The Morgan fingerprint density at radius 1 is 1.39 bits per heavy atom. The lowest BCUT2D eigenvalue weighted by atomic mass is 10.1. The summed E-state index contributed by atoms with van der Waals surface area (Å²) in [5, 5.41) is 0.862. The molecule has 0 spiro atoms. The number of H-pyrrole nitrogens is 1. The van der Waals surface area contributed by atoms with Gasteiger partial charge < -0.3 is 14.6 Å². The summed E-state index contributed by atoms with van der Waals surface area (Å²) in [6.07, 6.45) is 0. The number of amides is 1. The summed E-state index contributed by atoms with van der Waals surface area (Å²) in [6, 6.07) is 1.07. The lowest BCUT2D eigenvalue weighted by Gasteiger charge is -2.35. The number of hydrogen-bond donors (Lipinski definition) is 1. The molecule has 1 aliphatic heterocycles. The average molecular weight is 334 g/mol. The fourth-order valence-electron chi connectivity index (χ4n) is 2.73. The van der Waals surface area contributed by atoms with Crippen molar-refractivity contribution in [1.29, 1.82) is 0 Å². The van der Waals surface area contributed by atoms with E-state index in [0.29, 0.717) is 36.2 Å². The van der Waals surface area contributed by atoms with Crippen molar-refractivity contribution >= 4 is 17.2 Å². The number of aromatic nitrogens is 3. The molecule has 1 N–H and O–H groups in total. The summed E-state index contributed by atoms with van der Waals surface area (Å²) in [5.74, 6) is 0.441. The maximum Gasteiger partial charge on any atom is 0.266 e. The summed E-state index contributed by atoms with van der Waals surface area (Å²) in [7, 11) is 0. The molecule has 3 rings (SSSR count). The van der Waals surface area contributed by atoms with Crippen molar-refractivity contribution in [3.8, 4) is 0 Å². The number of ether oxygens (including phenoxy) is 1. The van der Waals surface area contributed by atoms with Crippen molar-refractivity contribution < 1.29 is 9.53 Å². The van der Waals surface area contributed by atoms with Gasteiger partial charge in [-0.1, -0.05) is 0 Å². The minimum Gasteiger partial charge on any atom is -0.377 e. The second-order valence-electron chi connectivity index (χ2n) is 5.49. The van der Waals surface area contributed by atoms with E-state index >= 15 is 0 Å². The lowest BCUT2D eigenvalue weighted by molar-refractivity contribution is -0.00380. The van der Waals surface area contributed by atoms with Gasteiger partial charge in [0.1, 0.15) is 10.7 Å². The third kappa shape index (κ3) is 3.18. The zero-order valence-corrected chi connectivity index (χ0v) is 14.1. The van der Waals surface area contributed by atoms with Gasteiger partial charge in [-0.05, 0) is 20.8 Å². The second-order valence-corrected chi connectivity index (χ2v) is 6.70. The highest BCUT2D eigenvalue weighted by Gasteiger charge is 2.32. The van der Waals surface area contributed by atoms with E-state index in [1.165, 1.54) is 17.4 Å². The molecule has 8 heteroatoms. The molecule has 0 radical (unpaired) electrons. The van der Waals surface area contributed by atoms with E-state index in [0.717, 1.165) is 10.7 Å². The highest BCUT2D eigenvalue weighted by atomic mass is 32.1. The molecule has 122 valence electrons. The topological polar surface area (TPSA) is 88.2 Å². The van der Waals surface area contributed by atoms with Gasteiger partial charge in [0.2, 0.25) is 0 Å². The fourth-order valence-corrected chi connectivity index (χ4v) is 3.60. The van der Waals surface area contributed by atoms with Crippen LogP contribution in [0.2, 0.25) is 0 Å². The Balaban J connectivity index is 1.97. The Labute approximate surface area is 137 Å². The maximum absolute atomic E-state index is 12.9. The van der Waals surface area contributed by atoms with Gasteiger partial charge in [0.05, 0.1) is 35.7 Å². The monoisotopic (exact) mass is 334 g/mol. The van der Waals surface area contributed by atoms with Crippen molar-refractivity contribution in [2.45, 2.75) is 26.8 Å². The molecule has 2 aromatic heterocycles. The first-order valence-electron chi connectivity index (χ1n) is 7.36. The summed E-state index contributed by atoms with van der Waals surface area (Å²) >= 11 is 1.39. The number of nitrogens with one attached hydrogen (secondary N) is 1. The molecule has 0 unspecified atom stereocenters. The molecular weight excluding hydrogens is 316 g/mol. The normalized spacial score (nSPS) is 18.2. The molecule has 1 fully saturated rings. The van der Waals surface area contributed by atoms with Crippen LogP contribution in [-0.4, -0.2) is 45.5 Å². The third-order valence-electron chi connectivity index (χ3n) is 3.71. The van der Waals surface area contributed by atoms with Crippen LogP contribution in [0.1, 0.15) is 37.9 Å². The van der Waals surface area contributed by atoms with Crippen molar-refractivity contribution in [3.63, 3.8) is 0 Å². The first-order chi connectivity index (χ1) is 11.0. The molecule has 23 heavy (non-hydrogen) atoms. The van der Waals surface area contributed by atoms with Gasteiger partial charge in [-0.15, -0.1) is 11.3 Å². The van der Waals surface area contributed by atoms with Crippen LogP contribution in [0.25, 0.3) is 0 Å². The summed E-state index contributed by atoms with van der Waals surface area (Å²) in [6.45, 7) is 6.71. The van der Waals surface area contributed by atoms with Crippen LogP contribution in [-0.2, 0) is 4.74 Å². The Hall–Kier alpha value is -2.06. The summed E-state index contributed by atoms with van der Waals surface area (Å²) < 4.78 is 5.51. The van der Waals surface area contributed by atoms with Gasteiger partial charge in [-0.2, -0.15) is 0 Å². The molecule has 3 heterocycles. The maximum atomic E-state index is 12.9. The van der Waals surface area contributed by atoms with Gasteiger partial charge in [0, 0.05) is 12.6 Å². The van der Waals surface area contributed by atoms with E-state index in [2.05, 4.69) is 15.0 Å². The van der Waals surface area contributed by atoms with Gasteiger partial charge in [-0.3, -0.25) is 9.59 Å². The van der Waals surface area contributed by atoms with Crippen molar-refractivity contribution in [2.24, 2.45) is 0 Å². The minimum atomic E-state index is -0.362. The zero-order valence-electron chi connectivity index (χ0n) is 13.3. The Morgan fingerprint density at radius 2 is 2.17 bits per heavy atom. The van der Waals surface area contributed by atoms with Gasteiger partial charge in [0.25, 0.3) is 11.5 Å². The van der Waals surface area contributed by atoms with E-state index in [4.69, 9.17) is 4.74 Å². The zero-order chi connectivity index (χ0) is 16.6. The molecule has 7 nitrogen and oxygen atoms in total. The molecule has 1 atom stereocenters. The van der Waals surface area contributed by atoms with Gasteiger partial charge in [0.15, 0.2) is 0 Å². The van der Waals surface area contributed by atoms with Crippen LogP contribution >= 0.6 is 11.3 Å². The number of nitrogens with zero attached hydrogens (tertiary/aromatic N) is 3. The standard InChI is InChI=1S/C15H18N4O3S/c1-8-14(23-10(3)16-8)15(21)19-4-5-22-7-12(19)11-6-13(20)18-9(2)17-11/h6,12H,4-5,7H2,1-3H3,(H,17,18,20)/t12-/m1/s1. The van der Waals surface area contributed by atoms with E-state index in [9.17, 15) is 9.59 Å².